The summed E-state index contributed by atoms with van der Waals surface area (Å²) < 4.78 is 0. The average molecular weight is 381 g/mol. The molecule has 1 aromatic heterocycles. The van der Waals surface area contributed by atoms with Crippen molar-refractivity contribution < 1.29 is 9.59 Å². The maximum absolute atomic E-state index is 12.6. The zero-order valence-corrected chi connectivity index (χ0v) is 16.9. The predicted octanol–water partition coefficient (Wildman–Crippen LogP) is 1.66. The van der Waals surface area contributed by atoms with E-state index in [0.717, 1.165) is 19.5 Å². The first-order valence-electron chi connectivity index (χ1n) is 9.43. The van der Waals surface area contributed by atoms with E-state index in [1.54, 1.807) is 23.2 Å². The third-order valence-electron chi connectivity index (χ3n) is 4.78. The van der Waals surface area contributed by atoms with Crippen molar-refractivity contribution in [1.29, 1.82) is 0 Å². The Kier molecular flexibility index (Phi) is 8.06. The number of likely N-dealkylation sites (tertiary alicyclic amines) is 1. The summed E-state index contributed by atoms with van der Waals surface area (Å²) >= 11 is 1.77. The molecule has 1 saturated heterocycles. The van der Waals surface area contributed by atoms with Gasteiger partial charge in [0.05, 0.1) is 0 Å². The van der Waals surface area contributed by atoms with Crippen LogP contribution < -0.4 is 11.1 Å². The second-order valence-electron chi connectivity index (χ2n) is 7.39. The van der Waals surface area contributed by atoms with Gasteiger partial charge in [-0.2, -0.15) is 0 Å². The Morgan fingerprint density at radius 2 is 2.23 bits per heavy atom. The van der Waals surface area contributed by atoms with Gasteiger partial charge >= 0.3 is 0 Å². The van der Waals surface area contributed by atoms with Crippen molar-refractivity contribution in [2.75, 3.05) is 26.2 Å². The third kappa shape index (κ3) is 5.79. The number of piperidine rings is 1. The summed E-state index contributed by atoms with van der Waals surface area (Å²) in [6.07, 6.45) is 1.58. The highest BCUT2D eigenvalue weighted by Gasteiger charge is 2.37. The van der Waals surface area contributed by atoms with Crippen molar-refractivity contribution in [2.24, 2.45) is 11.7 Å². The van der Waals surface area contributed by atoms with Gasteiger partial charge in [0.15, 0.2) is 0 Å². The lowest BCUT2D eigenvalue weighted by molar-refractivity contribution is -0.142. The lowest BCUT2D eigenvalue weighted by Gasteiger charge is -2.43. The molecule has 1 aromatic rings. The predicted molar refractivity (Wildman–Crippen MR) is 106 cm³/mol. The lowest BCUT2D eigenvalue weighted by Crippen LogP contribution is -2.57. The molecule has 146 valence electrons. The first kappa shape index (κ1) is 20.9. The highest BCUT2D eigenvalue weighted by Crippen LogP contribution is 2.26. The number of rotatable bonds is 8. The SMILES string of the molecule is CC(=O)N1CCC(N(Cc2cccs2)CC(C)C)C[C@@H]1C(=O)NCCN. The molecule has 2 heterocycles. The standard InChI is InChI=1S/C19H32N4O2S/c1-14(2)12-22(13-17-5-4-10-26-17)16-6-9-23(15(3)24)18(11-16)19(25)21-8-7-20/h4-5,10,14,16,18H,6-9,11-13,20H2,1-3H3,(H,21,25)/t16?,18-/m1/s1. The Labute approximate surface area is 160 Å². The average Bonchev–Trinajstić information content (AvgIpc) is 3.11. The number of thiophene rings is 1. The fourth-order valence-electron chi connectivity index (χ4n) is 3.63. The summed E-state index contributed by atoms with van der Waals surface area (Å²) in [7, 11) is 0. The minimum atomic E-state index is -0.407. The Bertz CT molecular complexity index is 576. The van der Waals surface area contributed by atoms with E-state index in [9.17, 15) is 9.59 Å². The Morgan fingerprint density at radius 1 is 1.46 bits per heavy atom. The molecule has 2 rings (SSSR count). The molecule has 26 heavy (non-hydrogen) atoms. The molecule has 0 aromatic carbocycles. The second-order valence-corrected chi connectivity index (χ2v) is 8.42. The zero-order chi connectivity index (χ0) is 19.1. The zero-order valence-electron chi connectivity index (χ0n) is 16.1. The van der Waals surface area contributed by atoms with Gasteiger partial charge in [0.1, 0.15) is 6.04 Å². The van der Waals surface area contributed by atoms with Gasteiger partial charge in [0, 0.05) is 50.6 Å². The van der Waals surface area contributed by atoms with Crippen LogP contribution >= 0.6 is 11.3 Å². The quantitative estimate of drug-likeness (QED) is 0.719. The highest BCUT2D eigenvalue weighted by atomic mass is 32.1. The first-order chi connectivity index (χ1) is 12.4. The highest BCUT2D eigenvalue weighted by molar-refractivity contribution is 7.09. The van der Waals surface area contributed by atoms with Crippen LogP contribution in [0.2, 0.25) is 0 Å². The molecular formula is C19H32N4O2S. The van der Waals surface area contributed by atoms with Crippen LogP contribution in [0.1, 0.15) is 38.5 Å². The van der Waals surface area contributed by atoms with Gasteiger partial charge in [-0.25, -0.2) is 0 Å². The van der Waals surface area contributed by atoms with E-state index < -0.39 is 6.04 Å². The molecule has 0 aliphatic carbocycles. The van der Waals surface area contributed by atoms with Crippen molar-refractivity contribution in [3.05, 3.63) is 22.4 Å². The molecule has 1 fully saturated rings. The van der Waals surface area contributed by atoms with E-state index in [4.69, 9.17) is 5.73 Å². The molecular weight excluding hydrogens is 348 g/mol. The van der Waals surface area contributed by atoms with Gasteiger partial charge in [0.25, 0.3) is 0 Å². The van der Waals surface area contributed by atoms with E-state index >= 15 is 0 Å². The Hall–Kier alpha value is -1.44. The second kappa shape index (κ2) is 10.0. The summed E-state index contributed by atoms with van der Waals surface area (Å²) in [5, 5.41) is 4.96. The van der Waals surface area contributed by atoms with Crippen LogP contribution in [0.25, 0.3) is 0 Å². The van der Waals surface area contributed by atoms with Gasteiger partial charge in [-0.15, -0.1) is 11.3 Å². The van der Waals surface area contributed by atoms with Gasteiger partial charge in [-0.1, -0.05) is 19.9 Å². The molecule has 0 radical (unpaired) electrons. The molecule has 1 unspecified atom stereocenters. The summed E-state index contributed by atoms with van der Waals surface area (Å²) in [5.74, 6) is 0.423. The van der Waals surface area contributed by atoms with E-state index in [1.165, 1.54) is 4.88 Å². The number of nitrogens with zero attached hydrogens (tertiary/aromatic N) is 2. The van der Waals surface area contributed by atoms with Crippen molar-refractivity contribution >= 4 is 23.2 Å². The van der Waals surface area contributed by atoms with Gasteiger partial charge < -0.3 is 16.0 Å². The van der Waals surface area contributed by atoms with E-state index in [-0.39, 0.29) is 11.8 Å². The Balaban J connectivity index is 2.12. The van der Waals surface area contributed by atoms with E-state index in [2.05, 4.69) is 41.6 Å². The topological polar surface area (TPSA) is 78.7 Å². The van der Waals surface area contributed by atoms with Crippen LogP contribution in [0.5, 0.6) is 0 Å². The summed E-state index contributed by atoms with van der Waals surface area (Å²) in [6.45, 7) is 9.34. The van der Waals surface area contributed by atoms with Gasteiger partial charge in [0.2, 0.25) is 11.8 Å². The molecule has 2 amide bonds. The number of nitrogens with one attached hydrogen (secondary N) is 1. The van der Waals surface area contributed by atoms with Crippen LogP contribution in [0.15, 0.2) is 17.5 Å². The molecule has 1 aliphatic rings. The van der Waals surface area contributed by atoms with Crippen molar-refractivity contribution in [3.63, 3.8) is 0 Å². The summed E-state index contributed by atoms with van der Waals surface area (Å²) in [4.78, 5) is 30.1. The minimum absolute atomic E-state index is 0.0370. The normalized spacial score (nSPS) is 20.6. The molecule has 1 aliphatic heterocycles. The van der Waals surface area contributed by atoms with Gasteiger partial charge in [-0.3, -0.25) is 14.5 Å². The summed E-state index contributed by atoms with van der Waals surface area (Å²) in [6, 6.07) is 4.13. The Morgan fingerprint density at radius 3 is 2.81 bits per heavy atom. The fraction of sp³-hybridized carbons (Fsp3) is 0.684. The van der Waals surface area contributed by atoms with Crippen LogP contribution in [0, 0.1) is 5.92 Å². The monoisotopic (exact) mass is 380 g/mol. The van der Waals surface area contributed by atoms with Crippen LogP contribution in [0.4, 0.5) is 0 Å². The number of amides is 2. The molecule has 3 N–H and O–H groups in total. The summed E-state index contributed by atoms with van der Waals surface area (Å²) in [5.41, 5.74) is 5.50. The molecule has 0 spiro atoms. The van der Waals surface area contributed by atoms with E-state index in [0.29, 0.717) is 38.0 Å². The van der Waals surface area contributed by atoms with Crippen LogP contribution in [-0.4, -0.2) is 59.9 Å². The molecule has 2 atom stereocenters. The maximum Gasteiger partial charge on any atom is 0.242 e. The smallest absolute Gasteiger partial charge is 0.242 e. The molecule has 0 bridgehead atoms. The van der Waals surface area contributed by atoms with Crippen molar-refractivity contribution in [2.45, 2.75) is 52.2 Å². The molecule has 7 heteroatoms. The minimum Gasteiger partial charge on any atom is -0.353 e. The van der Waals surface area contributed by atoms with Crippen LogP contribution in [-0.2, 0) is 16.1 Å². The number of nitrogens with two attached hydrogens (primary N) is 1. The maximum atomic E-state index is 12.6. The van der Waals surface area contributed by atoms with Crippen molar-refractivity contribution in [3.8, 4) is 0 Å². The van der Waals surface area contributed by atoms with Crippen molar-refractivity contribution in [1.82, 2.24) is 15.1 Å². The number of carbonyl (C=O) groups excluding carboxylic acids is 2. The number of hydrogen-bond acceptors (Lipinski definition) is 5. The largest absolute Gasteiger partial charge is 0.353 e. The number of carbonyl (C=O) groups is 2. The molecule has 6 nitrogen and oxygen atoms in total. The van der Waals surface area contributed by atoms with Gasteiger partial charge in [-0.05, 0) is 30.2 Å². The number of hydrogen-bond donors (Lipinski definition) is 2. The third-order valence-corrected chi connectivity index (χ3v) is 5.64. The van der Waals surface area contributed by atoms with Crippen LogP contribution in [0.3, 0.4) is 0 Å². The molecule has 0 saturated carbocycles. The lowest BCUT2D eigenvalue weighted by atomic mass is 9.94. The van der Waals surface area contributed by atoms with E-state index in [1.807, 2.05) is 0 Å². The fourth-order valence-corrected chi connectivity index (χ4v) is 4.36. The first-order valence-corrected chi connectivity index (χ1v) is 10.3.